The van der Waals surface area contributed by atoms with Crippen LogP contribution in [0.15, 0.2) is 48.7 Å². The van der Waals surface area contributed by atoms with Gasteiger partial charge in [0, 0.05) is 19.0 Å². The van der Waals surface area contributed by atoms with Gasteiger partial charge in [-0.05, 0) is 36.4 Å². The third kappa shape index (κ3) is 5.35. The largest absolute Gasteiger partial charge is 0.442 e. The molecule has 0 aliphatic carbocycles. The molecule has 1 saturated heterocycles. The summed E-state index contributed by atoms with van der Waals surface area (Å²) in [5.41, 5.74) is 3.45. The van der Waals surface area contributed by atoms with Crippen molar-refractivity contribution in [2.45, 2.75) is 26.1 Å². The molecule has 0 unspecified atom stereocenters. The average Bonchev–Trinajstić information content (AvgIpc) is 3.39. The zero-order chi connectivity index (χ0) is 23.4. The molecule has 1 aliphatic rings. The lowest BCUT2D eigenvalue weighted by Crippen LogP contribution is -2.33. The van der Waals surface area contributed by atoms with Crippen molar-refractivity contribution in [1.82, 2.24) is 25.6 Å². The highest BCUT2D eigenvalue weighted by Gasteiger charge is 2.32. The van der Waals surface area contributed by atoms with Crippen LogP contribution in [-0.4, -0.2) is 53.2 Å². The summed E-state index contributed by atoms with van der Waals surface area (Å²) in [5.74, 6) is -0.642. The smallest absolute Gasteiger partial charge is 0.414 e. The molecule has 0 radical (unpaired) electrons. The van der Waals surface area contributed by atoms with E-state index in [-0.39, 0.29) is 19.0 Å². The van der Waals surface area contributed by atoms with Gasteiger partial charge in [0.05, 0.1) is 37.2 Å². The van der Waals surface area contributed by atoms with Crippen molar-refractivity contribution in [3.8, 4) is 11.1 Å². The van der Waals surface area contributed by atoms with E-state index in [2.05, 4.69) is 20.9 Å². The third-order valence-electron chi connectivity index (χ3n) is 5.27. The molecule has 1 aromatic heterocycles. The molecule has 2 aromatic carbocycles. The molecule has 2 amide bonds. The number of cyclic esters (lactones) is 1. The number of rotatable bonds is 8. The summed E-state index contributed by atoms with van der Waals surface area (Å²) in [4.78, 5) is 24.6. The molecule has 1 fully saturated rings. The van der Waals surface area contributed by atoms with E-state index in [0.717, 1.165) is 16.8 Å². The number of ether oxygens (including phenoxy) is 1. The molecule has 0 bridgehead atoms. The lowest BCUT2D eigenvalue weighted by atomic mass is 10.0. The zero-order valence-electron chi connectivity index (χ0n) is 18.4. The summed E-state index contributed by atoms with van der Waals surface area (Å²) < 4.78 is 21.9. The predicted molar refractivity (Wildman–Crippen MR) is 120 cm³/mol. The molecule has 9 nitrogen and oxygen atoms in total. The van der Waals surface area contributed by atoms with Crippen LogP contribution in [0.4, 0.5) is 14.9 Å². The van der Waals surface area contributed by atoms with Gasteiger partial charge in [-0.1, -0.05) is 29.5 Å². The molecular formula is C23H25FN6O3. The number of amides is 2. The van der Waals surface area contributed by atoms with Crippen molar-refractivity contribution in [1.29, 1.82) is 0 Å². The maximum Gasteiger partial charge on any atom is 0.414 e. The summed E-state index contributed by atoms with van der Waals surface area (Å²) in [6.07, 6.45) is 0.844. The van der Waals surface area contributed by atoms with Crippen LogP contribution in [0.3, 0.4) is 0 Å². The molecular weight excluding hydrogens is 427 g/mol. The van der Waals surface area contributed by atoms with Gasteiger partial charge in [0.1, 0.15) is 11.9 Å². The normalized spacial score (nSPS) is 15.5. The number of hydrogen-bond donors (Lipinski definition) is 2. The lowest BCUT2D eigenvalue weighted by molar-refractivity contribution is -0.119. The summed E-state index contributed by atoms with van der Waals surface area (Å²) in [5, 5.41) is 13.9. The third-order valence-corrected chi connectivity index (χ3v) is 5.27. The molecule has 1 atom stereocenters. The quantitative estimate of drug-likeness (QED) is 0.544. The summed E-state index contributed by atoms with van der Waals surface area (Å²) >= 11 is 0. The highest BCUT2D eigenvalue weighted by molar-refractivity contribution is 5.90. The number of benzene rings is 2. The Balaban J connectivity index is 1.43. The number of nitrogens with one attached hydrogen (secondary N) is 2. The Morgan fingerprint density at radius 3 is 2.73 bits per heavy atom. The molecule has 2 heterocycles. The first-order chi connectivity index (χ1) is 15.9. The summed E-state index contributed by atoms with van der Waals surface area (Å²) in [6.45, 7) is 3.07. The number of hydrogen-bond acceptors (Lipinski definition) is 6. The van der Waals surface area contributed by atoms with Crippen molar-refractivity contribution in [3.63, 3.8) is 0 Å². The van der Waals surface area contributed by atoms with E-state index in [1.54, 1.807) is 16.8 Å². The van der Waals surface area contributed by atoms with Crippen molar-refractivity contribution >= 4 is 17.7 Å². The van der Waals surface area contributed by atoms with Gasteiger partial charge >= 0.3 is 6.09 Å². The Bertz CT molecular complexity index is 1150. The van der Waals surface area contributed by atoms with Crippen molar-refractivity contribution in [2.75, 3.05) is 25.0 Å². The zero-order valence-corrected chi connectivity index (χ0v) is 18.4. The molecule has 1 aliphatic heterocycles. The van der Waals surface area contributed by atoms with Crippen LogP contribution in [0.5, 0.6) is 0 Å². The Morgan fingerprint density at radius 1 is 1.24 bits per heavy atom. The molecule has 33 heavy (non-hydrogen) atoms. The van der Waals surface area contributed by atoms with Crippen LogP contribution in [0.1, 0.15) is 18.2 Å². The fourth-order valence-corrected chi connectivity index (χ4v) is 3.66. The number of aromatic nitrogens is 3. The number of anilines is 1. The van der Waals surface area contributed by atoms with Crippen LogP contribution >= 0.6 is 0 Å². The monoisotopic (exact) mass is 452 g/mol. The standard InChI is InChI=1S/C23H25FN6O3/c1-15(31)26-11-20-14-30(23(32)33-20)19-7-8-21(22(24)9-19)17-5-3-16(4-6-17)12-29-13-18(10-25-2)27-28-29/h3-9,13,20,25H,10-12,14H2,1-2H3,(H,26,31)/t20-/m0/s1. The number of carbonyl (C=O) groups excluding carboxylic acids is 2. The first-order valence-electron chi connectivity index (χ1n) is 10.6. The Labute approximate surface area is 190 Å². The van der Waals surface area contributed by atoms with E-state index < -0.39 is 18.0 Å². The van der Waals surface area contributed by atoms with Gasteiger partial charge in [0.15, 0.2) is 0 Å². The summed E-state index contributed by atoms with van der Waals surface area (Å²) in [6, 6.07) is 12.2. The van der Waals surface area contributed by atoms with Crippen molar-refractivity contribution < 1.29 is 18.7 Å². The second kappa shape index (κ2) is 9.78. The molecule has 0 saturated carbocycles. The number of nitrogens with zero attached hydrogens (tertiary/aromatic N) is 4. The maximum absolute atomic E-state index is 14.9. The van der Waals surface area contributed by atoms with Gasteiger partial charge in [-0.15, -0.1) is 5.10 Å². The molecule has 0 spiro atoms. The number of halogens is 1. The van der Waals surface area contributed by atoms with Crippen LogP contribution in [-0.2, 0) is 22.6 Å². The molecule has 3 aromatic rings. The van der Waals surface area contributed by atoms with E-state index in [4.69, 9.17) is 4.74 Å². The van der Waals surface area contributed by atoms with Crippen LogP contribution in [0.25, 0.3) is 11.1 Å². The van der Waals surface area contributed by atoms with Crippen molar-refractivity contribution in [3.05, 3.63) is 65.7 Å². The van der Waals surface area contributed by atoms with Gasteiger partial charge in [-0.25, -0.2) is 13.9 Å². The predicted octanol–water partition coefficient (Wildman–Crippen LogP) is 2.31. The first kappa shape index (κ1) is 22.4. The number of carbonyl (C=O) groups is 2. The minimum Gasteiger partial charge on any atom is -0.442 e. The van der Waals surface area contributed by atoms with E-state index in [1.807, 2.05) is 37.5 Å². The molecule has 2 N–H and O–H groups in total. The molecule has 172 valence electrons. The van der Waals surface area contributed by atoms with Crippen LogP contribution in [0.2, 0.25) is 0 Å². The van der Waals surface area contributed by atoms with Gasteiger partial charge in [-0.3, -0.25) is 9.69 Å². The average molecular weight is 452 g/mol. The fraction of sp³-hybridized carbons (Fsp3) is 0.304. The van der Waals surface area contributed by atoms with Gasteiger partial charge < -0.3 is 15.4 Å². The highest BCUT2D eigenvalue weighted by atomic mass is 19.1. The lowest BCUT2D eigenvalue weighted by Gasteiger charge is -2.14. The van der Waals surface area contributed by atoms with Crippen LogP contribution < -0.4 is 15.5 Å². The highest BCUT2D eigenvalue weighted by Crippen LogP contribution is 2.29. The van der Waals surface area contributed by atoms with E-state index >= 15 is 0 Å². The van der Waals surface area contributed by atoms with Gasteiger partial charge in [0.25, 0.3) is 0 Å². The maximum atomic E-state index is 14.9. The summed E-state index contributed by atoms with van der Waals surface area (Å²) in [7, 11) is 1.85. The Hall–Kier alpha value is -3.79. The van der Waals surface area contributed by atoms with Gasteiger partial charge in [0.2, 0.25) is 5.91 Å². The van der Waals surface area contributed by atoms with Gasteiger partial charge in [-0.2, -0.15) is 0 Å². The van der Waals surface area contributed by atoms with Crippen molar-refractivity contribution in [2.24, 2.45) is 0 Å². The van der Waals surface area contributed by atoms with Crippen LogP contribution in [0, 0.1) is 5.82 Å². The van der Waals surface area contributed by atoms with E-state index in [9.17, 15) is 14.0 Å². The molecule has 10 heteroatoms. The second-order valence-corrected chi connectivity index (χ2v) is 7.85. The minimum atomic E-state index is -0.562. The minimum absolute atomic E-state index is 0.203. The SMILES string of the molecule is CNCc1cn(Cc2ccc(-c3ccc(N4C[C@H](CNC(C)=O)OC4=O)cc3F)cc2)nn1. The Morgan fingerprint density at radius 2 is 2.03 bits per heavy atom. The van der Waals surface area contributed by atoms with E-state index in [0.29, 0.717) is 24.3 Å². The Kier molecular flexibility index (Phi) is 6.64. The van der Waals surface area contributed by atoms with E-state index in [1.165, 1.54) is 17.9 Å². The fourth-order valence-electron chi connectivity index (χ4n) is 3.66. The molecule has 4 rings (SSSR count). The second-order valence-electron chi connectivity index (χ2n) is 7.85. The topological polar surface area (TPSA) is 101 Å². The first-order valence-corrected chi connectivity index (χ1v) is 10.6.